The number of ether oxygens (including phenoxy) is 2. The van der Waals surface area contributed by atoms with Crippen molar-refractivity contribution in [3.63, 3.8) is 0 Å². The van der Waals surface area contributed by atoms with Crippen molar-refractivity contribution in [1.82, 2.24) is 10.2 Å². The van der Waals surface area contributed by atoms with Gasteiger partial charge in [-0.2, -0.15) is 0 Å². The number of carbonyl (C=O) groups excluding carboxylic acids is 2. The van der Waals surface area contributed by atoms with Crippen LogP contribution in [0.4, 0.5) is 4.79 Å². The largest absolute Gasteiger partial charge is 0.480 e. The van der Waals surface area contributed by atoms with Crippen molar-refractivity contribution in [3.8, 4) is 0 Å². The van der Waals surface area contributed by atoms with E-state index in [9.17, 15) is 19.5 Å². The second kappa shape index (κ2) is 8.03. The van der Waals surface area contributed by atoms with E-state index >= 15 is 0 Å². The van der Waals surface area contributed by atoms with Crippen molar-refractivity contribution in [2.75, 3.05) is 13.2 Å². The lowest BCUT2D eigenvalue weighted by Crippen LogP contribution is -2.54. The average molecular weight is 358 g/mol. The Hall–Kier alpha value is -1.83. The van der Waals surface area contributed by atoms with Crippen molar-refractivity contribution in [2.24, 2.45) is 0 Å². The average Bonchev–Trinajstić information content (AvgIpc) is 2.89. The summed E-state index contributed by atoms with van der Waals surface area (Å²) in [6, 6.07) is -1.88. The first-order chi connectivity index (χ1) is 11.3. The third-order valence-electron chi connectivity index (χ3n) is 3.49. The first kappa shape index (κ1) is 21.2. The molecular formula is C17H30N2O6. The Morgan fingerprint density at radius 3 is 2.24 bits per heavy atom. The van der Waals surface area contributed by atoms with E-state index in [1.54, 1.807) is 20.8 Å². The Bertz CT molecular complexity index is 506. The van der Waals surface area contributed by atoms with E-state index in [-0.39, 0.29) is 6.61 Å². The molecule has 0 aliphatic carbocycles. The Balaban J connectivity index is 2.87. The van der Waals surface area contributed by atoms with Crippen LogP contribution in [0.15, 0.2) is 0 Å². The molecule has 0 aromatic heterocycles. The summed E-state index contributed by atoms with van der Waals surface area (Å²) in [6.07, 6.45) is 0.275. The van der Waals surface area contributed by atoms with Gasteiger partial charge < -0.3 is 24.8 Å². The standard InChI is InChI=1S/C17H30N2O6/c1-16(2,3)24-10-11(18-15(23)25-17(4,5)6)13(20)19-9-7-8-12(19)14(21)22/h11-12H,7-10H2,1-6H3,(H,18,23)(H,21,22). The molecule has 0 bridgehead atoms. The molecule has 1 fully saturated rings. The number of carbonyl (C=O) groups is 3. The maximum Gasteiger partial charge on any atom is 0.408 e. The van der Waals surface area contributed by atoms with Crippen molar-refractivity contribution in [1.29, 1.82) is 0 Å². The Kier molecular flexibility index (Phi) is 6.82. The van der Waals surface area contributed by atoms with E-state index in [1.807, 2.05) is 20.8 Å². The Labute approximate surface area is 148 Å². The molecule has 2 N–H and O–H groups in total. The van der Waals surface area contributed by atoms with Gasteiger partial charge in [-0.05, 0) is 54.4 Å². The molecule has 1 rings (SSSR count). The molecule has 0 saturated carbocycles. The lowest BCUT2D eigenvalue weighted by Gasteiger charge is -2.30. The number of alkyl carbamates (subject to hydrolysis) is 1. The van der Waals surface area contributed by atoms with Crippen LogP contribution in [0, 0.1) is 0 Å². The zero-order valence-electron chi connectivity index (χ0n) is 15.9. The smallest absolute Gasteiger partial charge is 0.408 e. The molecule has 1 heterocycles. The number of aliphatic carboxylic acids is 1. The maximum atomic E-state index is 12.8. The summed E-state index contributed by atoms with van der Waals surface area (Å²) in [6.45, 7) is 10.9. The number of carboxylic acids is 1. The third-order valence-corrected chi connectivity index (χ3v) is 3.49. The first-order valence-electron chi connectivity index (χ1n) is 8.47. The number of likely N-dealkylation sites (tertiary alicyclic amines) is 1. The second-order valence-electron chi connectivity index (χ2n) is 8.15. The molecule has 1 saturated heterocycles. The summed E-state index contributed by atoms with van der Waals surface area (Å²) >= 11 is 0. The summed E-state index contributed by atoms with van der Waals surface area (Å²) < 4.78 is 10.8. The molecule has 25 heavy (non-hydrogen) atoms. The van der Waals surface area contributed by atoms with Gasteiger partial charge in [-0.25, -0.2) is 9.59 Å². The van der Waals surface area contributed by atoms with Crippen LogP contribution in [0.3, 0.4) is 0 Å². The minimum Gasteiger partial charge on any atom is -0.480 e. The quantitative estimate of drug-likeness (QED) is 0.776. The highest BCUT2D eigenvalue weighted by Gasteiger charge is 2.38. The van der Waals surface area contributed by atoms with E-state index in [1.165, 1.54) is 4.90 Å². The second-order valence-corrected chi connectivity index (χ2v) is 8.15. The highest BCUT2D eigenvalue weighted by molar-refractivity contribution is 5.89. The summed E-state index contributed by atoms with van der Waals surface area (Å²) in [5.74, 6) is -1.52. The lowest BCUT2D eigenvalue weighted by atomic mass is 10.1. The molecular weight excluding hydrogens is 328 g/mol. The number of hydrogen-bond acceptors (Lipinski definition) is 5. The zero-order valence-corrected chi connectivity index (χ0v) is 15.9. The van der Waals surface area contributed by atoms with Gasteiger partial charge in [0, 0.05) is 6.54 Å². The Morgan fingerprint density at radius 2 is 1.76 bits per heavy atom. The topological polar surface area (TPSA) is 105 Å². The number of hydrogen-bond donors (Lipinski definition) is 2. The molecule has 0 aromatic carbocycles. The molecule has 2 amide bonds. The normalized spacial score (nSPS) is 19.4. The predicted octanol–water partition coefficient (Wildman–Crippen LogP) is 1.77. The van der Waals surface area contributed by atoms with Gasteiger partial charge in [-0.3, -0.25) is 4.79 Å². The monoisotopic (exact) mass is 358 g/mol. The van der Waals surface area contributed by atoms with Gasteiger partial charge in [0.1, 0.15) is 17.7 Å². The molecule has 1 aliphatic rings. The molecule has 0 spiro atoms. The fourth-order valence-electron chi connectivity index (χ4n) is 2.45. The van der Waals surface area contributed by atoms with Crippen molar-refractivity contribution < 1.29 is 29.0 Å². The number of nitrogens with one attached hydrogen (secondary N) is 1. The van der Waals surface area contributed by atoms with Crippen LogP contribution in [-0.2, 0) is 19.1 Å². The van der Waals surface area contributed by atoms with Crippen molar-refractivity contribution >= 4 is 18.0 Å². The molecule has 8 nitrogen and oxygen atoms in total. The summed E-state index contributed by atoms with van der Waals surface area (Å²) in [5.41, 5.74) is -1.22. The maximum absolute atomic E-state index is 12.8. The van der Waals surface area contributed by atoms with E-state index in [0.717, 1.165) is 0 Å². The predicted molar refractivity (Wildman–Crippen MR) is 91.2 cm³/mol. The molecule has 8 heteroatoms. The van der Waals surface area contributed by atoms with Gasteiger partial charge in [0.05, 0.1) is 12.2 Å². The molecule has 0 aromatic rings. The van der Waals surface area contributed by atoms with E-state index < -0.39 is 41.3 Å². The number of carboxylic acid groups (broad SMARTS) is 1. The Morgan fingerprint density at radius 1 is 1.16 bits per heavy atom. The lowest BCUT2D eigenvalue weighted by molar-refractivity contribution is -0.150. The highest BCUT2D eigenvalue weighted by atomic mass is 16.6. The number of nitrogens with zero attached hydrogens (tertiary/aromatic N) is 1. The van der Waals surface area contributed by atoms with Gasteiger partial charge in [-0.1, -0.05) is 0 Å². The van der Waals surface area contributed by atoms with Gasteiger partial charge in [0.15, 0.2) is 0 Å². The van der Waals surface area contributed by atoms with Gasteiger partial charge >= 0.3 is 12.1 Å². The zero-order chi connectivity index (χ0) is 19.4. The molecule has 2 atom stereocenters. The van der Waals surface area contributed by atoms with Crippen LogP contribution in [0.1, 0.15) is 54.4 Å². The fourth-order valence-corrected chi connectivity index (χ4v) is 2.45. The fraction of sp³-hybridized carbons (Fsp3) is 0.824. The third kappa shape index (κ3) is 7.29. The van der Waals surface area contributed by atoms with E-state index in [4.69, 9.17) is 9.47 Å². The first-order valence-corrected chi connectivity index (χ1v) is 8.47. The molecule has 2 unspecified atom stereocenters. The summed E-state index contributed by atoms with van der Waals surface area (Å²) in [7, 11) is 0. The van der Waals surface area contributed by atoms with Crippen LogP contribution in [0.2, 0.25) is 0 Å². The number of rotatable bonds is 5. The molecule has 0 radical (unpaired) electrons. The number of amides is 2. The van der Waals surface area contributed by atoms with Crippen LogP contribution in [0.25, 0.3) is 0 Å². The molecule has 144 valence electrons. The van der Waals surface area contributed by atoms with E-state index in [2.05, 4.69) is 5.32 Å². The van der Waals surface area contributed by atoms with Crippen LogP contribution < -0.4 is 5.32 Å². The summed E-state index contributed by atoms with van der Waals surface area (Å²) in [5, 5.41) is 11.8. The van der Waals surface area contributed by atoms with Crippen LogP contribution in [-0.4, -0.2) is 64.4 Å². The van der Waals surface area contributed by atoms with Gasteiger partial charge in [-0.15, -0.1) is 0 Å². The minimum atomic E-state index is -1.04. The van der Waals surface area contributed by atoms with Crippen LogP contribution >= 0.6 is 0 Å². The molecule has 1 aliphatic heterocycles. The van der Waals surface area contributed by atoms with Crippen molar-refractivity contribution in [2.45, 2.75) is 77.7 Å². The SMILES string of the molecule is CC(C)(C)OCC(NC(=O)OC(C)(C)C)C(=O)N1CCCC1C(=O)O. The van der Waals surface area contributed by atoms with E-state index in [0.29, 0.717) is 19.4 Å². The van der Waals surface area contributed by atoms with Gasteiger partial charge in [0.2, 0.25) is 5.91 Å². The summed E-state index contributed by atoms with van der Waals surface area (Å²) in [4.78, 5) is 37.5. The highest BCUT2D eigenvalue weighted by Crippen LogP contribution is 2.19. The minimum absolute atomic E-state index is 0.0651. The van der Waals surface area contributed by atoms with Crippen LogP contribution in [0.5, 0.6) is 0 Å². The van der Waals surface area contributed by atoms with Gasteiger partial charge in [0.25, 0.3) is 0 Å². The van der Waals surface area contributed by atoms with Crippen molar-refractivity contribution in [3.05, 3.63) is 0 Å².